The third-order valence-electron chi connectivity index (χ3n) is 5.84. The standard InChI is InChI=1S/C26H25FN4O3/c1-16-12-22-20(15-19(16)26(33)30-11-10-28-2)24(8-9-29-22)34-18-6-7-23(21(27)14-18)31(3)25(32)13-17-4-5-17/h6-9,12,14-15,17H,4-5,10-11,13H2,1,3H3,(H,30,33). The van der Waals surface area contributed by atoms with Crippen molar-refractivity contribution in [1.82, 2.24) is 10.3 Å². The van der Waals surface area contributed by atoms with Gasteiger partial charge in [0.25, 0.3) is 5.91 Å². The number of hydrogen-bond donors (Lipinski definition) is 1. The first-order valence-corrected chi connectivity index (χ1v) is 11.1. The van der Waals surface area contributed by atoms with Crippen molar-refractivity contribution in [1.29, 1.82) is 0 Å². The Kier molecular flexibility index (Phi) is 6.73. The van der Waals surface area contributed by atoms with E-state index in [9.17, 15) is 14.0 Å². The van der Waals surface area contributed by atoms with E-state index in [-0.39, 0.29) is 36.3 Å². The van der Waals surface area contributed by atoms with Gasteiger partial charge in [0.1, 0.15) is 11.5 Å². The molecule has 1 aliphatic carbocycles. The highest BCUT2D eigenvalue weighted by Crippen LogP contribution is 2.35. The zero-order valence-electron chi connectivity index (χ0n) is 19.1. The number of nitrogens with zero attached hydrogens (tertiary/aromatic N) is 3. The number of nitrogens with one attached hydrogen (secondary N) is 1. The molecule has 4 rings (SSSR count). The lowest BCUT2D eigenvalue weighted by Gasteiger charge is -2.19. The molecular formula is C26H25FN4O3. The topological polar surface area (TPSA) is 75.9 Å². The van der Waals surface area contributed by atoms with Gasteiger partial charge in [-0.05, 0) is 61.6 Å². The van der Waals surface area contributed by atoms with Gasteiger partial charge in [-0.1, -0.05) is 0 Å². The van der Waals surface area contributed by atoms with E-state index >= 15 is 0 Å². The van der Waals surface area contributed by atoms with Crippen LogP contribution in [0.15, 0.2) is 42.6 Å². The zero-order valence-corrected chi connectivity index (χ0v) is 19.1. The molecule has 1 fully saturated rings. The van der Waals surface area contributed by atoms with Crippen molar-refractivity contribution < 1.29 is 18.7 Å². The largest absolute Gasteiger partial charge is 0.456 e. The van der Waals surface area contributed by atoms with Gasteiger partial charge in [0.2, 0.25) is 12.5 Å². The molecule has 1 aliphatic rings. The summed E-state index contributed by atoms with van der Waals surface area (Å²) in [6, 6.07) is 9.51. The summed E-state index contributed by atoms with van der Waals surface area (Å²) in [5.74, 6) is 0.160. The molecular weight excluding hydrogens is 435 g/mol. The van der Waals surface area contributed by atoms with Gasteiger partial charge in [0.15, 0.2) is 5.82 Å². The van der Waals surface area contributed by atoms with Gasteiger partial charge in [-0.2, -0.15) is 0 Å². The maximum absolute atomic E-state index is 14.8. The van der Waals surface area contributed by atoms with Crippen LogP contribution in [0.3, 0.4) is 0 Å². The number of aryl methyl sites for hydroxylation is 1. The molecule has 1 saturated carbocycles. The van der Waals surface area contributed by atoms with Crippen LogP contribution < -0.4 is 15.0 Å². The lowest BCUT2D eigenvalue weighted by molar-refractivity contribution is -0.118. The molecule has 3 aromatic rings. The summed E-state index contributed by atoms with van der Waals surface area (Å²) < 4.78 is 20.8. The lowest BCUT2D eigenvalue weighted by atomic mass is 10.0. The van der Waals surface area contributed by atoms with Crippen molar-refractivity contribution in [3.05, 3.63) is 71.0 Å². The van der Waals surface area contributed by atoms with Crippen LogP contribution in [0.25, 0.3) is 15.7 Å². The number of ether oxygens (including phenoxy) is 1. The summed E-state index contributed by atoms with van der Waals surface area (Å²) in [6.45, 7) is 9.12. The number of fused-ring (bicyclic) bond motifs is 1. The molecule has 0 radical (unpaired) electrons. The van der Waals surface area contributed by atoms with Crippen molar-refractivity contribution >= 4 is 28.4 Å². The van der Waals surface area contributed by atoms with Crippen molar-refractivity contribution in [3.8, 4) is 11.5 Å². The normalized spacial score (nSPS) is 12.8. The van der Waals surface area contributed by atoms with E-state index in [1.807, 2.05) is 6.92 Å². The maximum Gasteiger partial charge on any atom is 0.251 e. The molecule has 0 atom stereocenters. The third kappa shape index (κ3) is 5.15. The molecule has 174 valence electrons. The Hall–Kier alpha value is -3.99. The van der Waals surface area contributed by atoms with Gasteiger partial charge < -0.3 is 19.8 Å². The molecule has 0 unspecified atom stereocenters. The Labute approximate surface area is 197 Å². The van der Waals surface area contributed by atoms with E-state index in [0.717, 1.165) is 18.4 Å². The summed E-state index contributed by atoms with van der Waals surface area (Å²) >= 11 is 0. The molecule has 8 heteroatoms. The Morgan fingerprint density at radius 3 is 2.76 bits per heavy atom. The van der Waals surface area contributed by atoms with Crippen molar-refractivity contribution in [2.45, 2.75) is 26.2 Å². The second-order valence-electron chi connectivity index (χ2n) is 8.45. The first-order chi connectivity index (χ1) is 16.4. The number of benzene rings is 2. The predicted molar refractivity (Wildman–Crippen MR) is 128 cm³/mol. The second-order valence-corrected chi connectivity index (χ2v) is 8.45. The number of amides is 2. The first kappa shape index (κ1) is 23.2. The van der Waals surface area contributed by atoms with Crippen molar-refractivity contribution in [2.75, 3.05) is 25.0 Å². The van der Waals surface area contributed by atoms with Crippen LogP contribution in [0.4, 0.5) is 10.1 Å². The van der Waals surface area contributed by atoms with Crippen LogP contribution in [-0.4, -0.2) is 36.9 Å². The van der Waals surface area contributed by atoms with E-state index < -0.39 is 5.82 Å². The molecule has 0 bridgehead atoms. The molecule has 0 spiro atoms. The predicted octanol–water partition coefficient (Wildman–Crippen LogP) is 4.89. The van der Waals surface area contributed by atoms with E-state index in [1.54, 1.807) is 37.5 Å². The molecule has 7 nitrogen and oxygen atoms in total. The number of carbonyl (C=O) groups is 2. The fourth-order valence-electron chi connectivity index (χ4n) is 3.72. The van der Waals surface area contributed by atoms with Crippen molar-refractivity contribution in [2.24, 2.45) is 5.92 Å². The number of aromatic nitrogens is 1. The zero-order chi connectivity index (χ0) is 24.2. The van der Waals surface area contributed by atoms with E-state index in [0.29, 0.717) is 34.6 Å². The lowest BCUT2D eigenvalue weighted by Crippen LogP contribution is -2.27. The van der Waals surface area contributed by atoms with Gasteiger partial charge in [-0.15, -0.1) is 0 Å². The van der Waals surface area contributed by atoms with E-state index in [4.69, 9.17) is 11.3 Å². The molecule has 2 amide bonds. The minimum atomic E-state index is -0.557. The Balaban J connectivity index is 1.58. The molecule has 2 aromatic carbocycles. The van der Waals surface area contributed by atoms with Crippen LogP contribution in [-0.2, 0) is 4.79 Å². The van der Waals surface area contributed by atoms with Crippen LogP contribution in [0.2, 0.25) is 0 Å². The minimum Gasteiger partial charge on any atom is -0.456 e. The highest BCUT2D eigenvalue weighted by molar-refractivity contribution is 6.00. The molecule has 0 aliphatic heterocycles. The molecule has 0 saturated heterocycles. The van der Waals surface area contributed by atoms with E-state index in [1.165, 1.54) is 17.0 Å². The van der Waals surface area contributed by atoms with Gasteiger partial charge in [-0.25, -0.2) is 11.0 Å². The Morgan fingerprint density at radius 1 is 1.26 bits per heavy atom. The quantitative estimate of drug-likeness (QED) is 0.384. The molecule has 1 aromatic heterocycles. The summed E-state index contributed by atoms with van der Waals surface area (Å²) in [7, 11) is 1.58. The van der Waals surface area contributed by atoms with Crippen LogP contribution in [0.5, 0.6) is 11.5 Å². The van der Waals surface area contributed by atoms with Gasteiger partial charge >= 0.3 is 0 Å². The number of carbonyl (C=O) groups excluding carboxylic acids is 2. The van der Waals surface area contributed by atoms with E-state index in [2.05, 4.69) is 15.1 Å². The number of rotatable bonds is 8. The third-order valence-corrected chi connectivity index (χ3v) is 5.84. The molecule has 1 heterocycles. The maximum atomic E-state index is 14.8. The summed E-state index contributed by atoms with van der Waals surface area (Å²) in [5.41, 5.74) is 2.03. The average Bonchev–Trinajstić information content (AvgIpc) is 3.62. The number of pyridine rings is 1. The van der Waals surface area contributed by atoms with Gasteiger partial charge in [0.05, 0.1) is 17.7 Å². The SMILES string of the molecule is [C-]#[N+]CCNC(=O)c1cc2c(Oc3ccc(N(C)C(=O)CC4CC4)c(F)c3)ccnc2cc1C. The fraction of sp³-hybridized carbons (Fsp3) is 0.308. The smallest absolute Gasteiger partial charge is 0.251 e. The minimum absolute atomic E-state index is 0.104. The molecule has 1 N–H and O–H groups in total. The summed E-state index contributed by atoms with van der Waals surface area (Å²) in [5, 5.41) is 3.33. The summed E-state index contributed by atoms with van der Waals surface area (Å²) in [6.07, 6.45) is 4.13. The summed E-state index contributed by atoms with van der Waals surface area (Å²) in [4.78, 5) is 33.8. The van der Waals surface area contributed by atoms with Crippen molar-refractivity contribution in [3.63, 3.8) is 0 Å². The monoisotopic (exact) mass is 460 g/mol. The Bertz CT molecular complexity index is 1300. The van der Waals surface area contributed by atoms with Crippen LogP contribution >= 0.6 is 0 Å². The van der Waals surface area contributed by atoms with Gasteiger partial charge in [-0.3, -0.25) is 14.6 Å². The van der Waals surface area contributed by atoms with Crippen LogP contribution in [0, 0.1) is 25.2 Å². The fourth-order valence-corrected chi connectivity index (χ4v) is 3.72. The first-order valence-electron chi connectivity index (χ1n) is 11.1. The highest BCUT2D eigenvalue weighted by Gasteiger charge is 2.27. The van der Waals surface area contributed by atoms with Gasteiger partial charge in [0, 0.05) is 36.7 Å². The number of hydrogen-bond acceptors (Lipinski definition) is 4. The highest BCUT2D eigenvalue weighted by atomic mass is 19.1. The number of anilines is 1. The number of halogens is 1. The Morgan fingerprint density at radius 2 is 2.06 bits per heavy atom. The molecule has 34 heavy (non-hydrogen) atoms. The average molecular weight is 461 g/mol. The van der Waals surface area contributed by atoms with Crippen LogP contribution in [0.1, 0.15) is 35.2 Å². The second kappa shape index (κ2) is 9.87.